The Kier molecular flexibility index (Phi) is 10.3. The van der Waals surface area contributed by atoms with Crippen LogP contribution in [-0.2, 0) is 20.9 Å². The Balaban J connectivity index is 1.41. The van der Waals surface area contributed by atoms with Gasteiger partial charge in [0.25, 0.3) is 11.1 Å². The van der Waals surface area contributed by atoms with Crippen LogP contribution in [0.15, 0.2) is 65.6 Å². The number of amides is 3. The Morgan fingerprint density at radius 1 is 1.05 bits per heavy atom. The Labute approximate surface area is 252 Å². The number of esters is 1. The molecule has 0 radical (unpaired) electrons. The van der Waals surface area contributed by atoms with Gasteiger partial charge >= 0.3 is 5.97 Å². The maximum Gasteiger partial charge on any atom is 0.339 e. The highest BCUT2D eigenvalue weighted by Gasteiger charge is 2.36. The van der Waals surface area contributed by atoms with E-state index in [0.29, 0.717) is 30.1 Å². The zero-order valence-corrected chi connectivity index (χ0v) is 24.8. The fourth-order valence-corrected chi connectivity index (χ4v) is 5.05. The van der Waals surface area contributed by atoms with Gasteiger partial charge in [0.05, 0.1) is 29.2 Å². The number of rotatable bonds is 11. The number of benzene rings is 3. The summed E-state index contributed by atoms with van der Waals surface area (Å²) < 4.78 is 16.5. The first-order valence-electron chi connectivity index (χ1n) is 13.1. The van der Waals surface area contributed by atoms with Crippen molar-refractivity contribution in [2.24, 2.45) is 0 Å². The third-order valence-corrected chi connectivity index (χ3v) is 7.28. The minimum Gasteiger partial charge on any atom is -0.493 e. The number of anilines is 1. The monoisotopic (exact) mass is 608 g/mol. The number of nitrogens with one attached hydrogen (secondary N) is 1. The topological polar surface area (TPSA) is 111 Å². The van der Waals surface area contributed by atoms with E-state index in [4.69, 9.17) is 25.8 Å². The average Bonchev–Trinajstić information content (AvgIpc) is 3.23. The minimum atomic E-state index is -0.620. The zero-order valence-electron chi connectivity index (χ0n) is 23.3. The average molecular weight is 609 g/mol. The second kappa shape index (κ2) is 14.1. The zero-order chi connectivity index (χ0) is 30.2. The van der Waals surface area contributed by atoms with Gasteiger partial charge in [0.2, 0.25) is 5.91 Å². The second-order valence-corrected chi connectivity index (χ2v) is 10.7. The molecule has 0 bridgehead atoms. The highest BCUT2D eigenvalue weighted by Crippen LogP contribution is 2.35. The second-order valence-electron chi connectivity index (χ2n) is 9.33. The molecule has 1 aliphatic heterocycles. The fraction of sp³-hybridized carbons (Fsp3) is 0.226. The molecule has 3 aromatic carbocycles. The van der Waals surface area contributed by atoms with Crippen LogP contribution in [0.1, 0.15) is 40.4 Å². The van der Waals surface area contributed by atoms with E-state index in [-0.39, 0.29) is 27.8 Å². The van der Waals surface area contributed by atoms with Gasteiger partial charge in [-0.15, -0.1) is 0 Å². The van der Waals surface area contributed by atoms with E-state index >= 15 is 0 Å². The molecule has 9 nitrogen and oxygen atoms in total. The molecule has 1 aliphatic rings. The van der Waals surface area contributed by atoms with E-state index in [2.05, 4.69) is 5.32 Å². The molecular weight excluding hydrogens is 580 g/mol. The number of ether oxygens (including phenoxy) is 3. The predicted octanol–water partition coefficient (Wildman–Crippen LogP) is 6.48. The summed E-state index contributed by atoms with van der Waals surface area (Å²) in [7, 11) is 1.52. The molecule has 0 aliphatic carbocycles. The number of aryl methyl sites for hydroxylation is 1. The lowest BCUT2D eigenvalue weighted by Crippen LogP contribution is -2.36. The van der Waals surface area contributed by atoms with Crippen LogP contribution < -0.4 is 14.8 Å². The summed E-state index contributed by atoms with van der Waals surface area (Å²) in [5.41, 5.74) is 3.14. The lowest BCUT2D eigenvalue weighted by atomic mass is 10.1. The van der Waals surface area contributed by atoms with E-state index in [1.54, 1.807) is 24.3 Å². The van der Waals surface area contributed by atoms with Crippen molar-refractivity contribution in [2.45, 2.75) is 26.9 Å². The van der Waals surface area contributed by atoms with Crippen LogP contribution in [0.2, 0.25) is 5.02 Å². The summed E-state index contributed by atoms with van der Waals surface area (Å²) in [6, 6.07) is 17.5. The van der Waals surface area contributed by atoms with Gasteiger partial charge in [-0.2, -0.15) is 0 Å². The van der Waals surface area contributed by atoms with Crippen LogP contribution in [0.3, 0.4) is 0 Å². The number of methoxy groups -OCH3 is 1. The Hall–Kier alpha value is -4.28. The number of thioether (sulfide) groups is 1. The van der Waals surface area contributed by atoms with E-state index < -0.39 is 29.6 Å². The first kappa shape index (κ1) is 30.7. The molecule has 1 fully saturated rings. The lowest BCUT2D eigenvalue weighted by molar-refractivity contribution is -0.127. The number of hydrogen-bond acceptors (Lipinski definition) is 8. The molecule has 42 heavy (non-hydrogen) atoms. The highest BCUT2D eigenvalue weighted by atomic mass is 35.5. The molecule has 0 unspecified atom stereocenters. The Morgan fingerprint density at radius 3 is 2.60 bits per heavy atom. The van der Waals surface area contributed by atoms with Crippen molar-refractivity contribution >= 4 is 58.1 Å². The minimum absolute atomic E-state index is 0.0963. The quantitative estimate of drug-likeness (QED) is 0.195. The van der Waals surface area contributed by atoms with Gasteiger partial charge in [0.1, 0.15) is 13.2 Å². The van der Waals surface area contributed by atoms with Gasteiger partial charge < -0.3 is 19.5 Å². The number of carbonyl (C=O) groups is 4. The van der Waals surface area contributed by atoms with Crippen molar-refractivity contribution in [1.82, 2.24) is 4.90 Å². The van der Waals surface area contributed by atoms with Gasteiger partial charge in [-0.1, -0.05) is 54.4 Å². The molecule has 11 heteroatoms. The first-order chi connectivity index (χ1) is 20.2. The van der Waals surface area contributed by atoms with Crippen LogP contribution in [-0.4, -0.2) is 48.2 Å². The van der Waals surface area contributed by atoms with Crippen molar-refractivity contribution in [2.75, 3.05) is 25.6 Å². The van der Waals surface area contributed by atoms with E-state index in [1.807, 2.05) is 38.1 Å². The van der Waals surface area contributed by atoms with E-state index in [9.17, 15) is 19.2 Å². The molecule has 4 rings (SSSR count). The molecular formula is C31H29ClN2O7S. The molecule has 3 amide bonds. The van der Waals surface area contributed by atoms with Gasteiger partial charge in [-0.25, -0.2) is 4.79 Å². The number of carbonyl (C=O) groups excluding carboxylic acids is 4. The third kappa shape index (κ3) is 7.71. The summed E-state index contributed by atoms with van der Waals surface area (Å²) in [6.07, 6.45) is 2.21. The number of imide groups is 1. The van der Waals surface area contributed by atoms with Crippen LogP contribution in [0, 0.1) is 6.92 Å². The Morgan fingerprint density at radius 2 is 1.86 bits per heavy atom. The SMILES string of the molecule is CCCOC(=O)c1cc(NC(=O)CN2C(=O)S/C(=C\c3ccc(OCc4cccc(C)c4)c(OC)c3)C2=O)ccc1Cl. The highest BCUT2D eigenvalue weighted by molar-refractivity contribution is 8.18. The van der Waals surface area contributed by atoms with Crippen LogP contribution >= 0.6 is 23.4 Å². The molecule has 1 heterocycles. The maximum atomic E-state index is 13.0. The van der Waals surface area contributed by atoms with Crippen molar-refractivity contribution in [3.8, 4) is 11.5 Å². The van der Waals surface area contributed by atoms with Crippen molar-refractivity contribution in [3.05, 3.63) is 92.8 Å². The predicted molar refractivity (Wildman–Crippen MR) is 162 cm³/mol. The molecule has 0 aromatic heterocycles. The van der Waals surface area contributed by atoms with Crippen LogP contribution in [0.5, 0.6) is 11.5 Å². The normalized spacial score (nSPS) is 13.8. The lowest BCUT2D eigenvalue weighted by Gasteiger charge is -2.13. The molecule has 0 atom stereocenters. The number of nitrogens with zero attached hydrogens (tertiary/aromatic N) is 1. The molecule has 1 saturated heterocycles. The molecule has 218 valence electrons. The summed E-state index contributed by atoms with van der Waals surface area (Å²) in [6.45, 7) is 3.96. The first-order valence-corrected chi connectivity index (χ1v) is 14.3. The standard InChI is InChI=1S/C31H29ClN2O7S/c1-4-12-40-30(37)23-16-22(9-10-24(23)32)33-28(35)17-34-29(36)27(42-31(34)38)15-20-8-11-25(26(14-20)39-3)41-18-21-7-5-6-19(2)13-21/h5-11,13-16H,4,12,17-18H2,1-3H3,(H,33,35)/b27-15-. The van der Waals surface area contributed by atoms with Crippen molar-refractivity contribution in [3.63, 3.8) is 0 Å². The molecule has 0 saturated carbocycles. The molecule has 0 spiro atoms. The third-order valence-electron chi connectivity index (χ3n) is 6.04. The van der Waals surface area contributed by atoms with Gasteiger partial charge in [-0.3, -0.25) is 19.3 Å². The maximum absolute atomic E-state index is 13.0. The Bertz CT molecular complexity index is 1560. The molecule has 3 aromatic rings. The van der Waals surface area contributed by atoms with Crippen molar-refractivity contribution < 1.29 is 33.4 Å². The van der Waals surface area contributed by atoms with E-state index in [1.165, 1.54) is 25.3 Å². The number of halogens is 1. The summed E-state index contributed by atoms with van der Waals surface area (Å²) >= 11 is 6.84. The van der Waals surface area contributed by atoms with Crippen LogP contribution in [0.4, 0.5) is 10.5 Å². The summed E-state index contributed by atoms with van der Waals surface area (Å²) in [5, 5.41) is 2.19. The van der Waals surface area contributed by atoms with Gasteiger partial charge in [0, 0.05) is 5.69 Å². The molecule has 1 N–H and O–H groups in total. The van der Waals surface area contributed by atoms with Gasteiger partial charge in [0.15, 0.2) is 11.5 Å². The van der Waals surface area contributed by atoms with Crippen LogP contribution in [0.25, 0.3) is 6.08 Å². The van der Waals surface area contributed by atoms with E-state index in [0.717, 1.165) is 27.8 Å². The largest absolute Gasteiger partial charge is 0.493 e. The smallest absolute Gasteiger partial charge is 0.339 e. The fourth-order valence-electron chi connectivity index (χ4n) is 4.02. The number of hydrogen-bond donors (Lipinski definition) is 1. The van der Waals surface area contributed by atoms with Gasteiger partial charge in [-0.05, 0) is 72.6 Å². The summed E-state index contributed by atoms with van der Waals surface area (Å²) in [5.74, 6) is -0.832. The van der Waals surface area contributed by atoms with Crippen molar-refractivity contribution in [1.29, 1.82) is 0 Å². The summed E-state index contributed by atoms with van der Waals surface area (Å²) in [4.78, 5) is 51.6.